The number of carbonyl (C=O) groups is 2. The van der Waals surface area contributed by atoms with Crippen LogP contribution in [0.3, 0.4) is 0 Å². The second kappa shape index (κ2) is 10.2. The van der Waals surface area contributed by atoms with Gasteiger partial charge in [0.05, 0.1) is 18.2 Å². The number of aryl methyl sites for hydroxylation is 1. The van der Waals surface area contributed by atoms with Crippen molar-refractivity contribution in [1.82, 2.24) is 25.0 Å². The molecular weight excluding hydrogens is 366 g/mol. The van der Waals surface area contributed by atoms with Gasteiger partial charge in [-0.3, -0.25) is 24.4 Å². The van der Waals surface area contributed by atoms with Gasteiger partial charge >= 0.3 is 0 Å². The van der Waals surface area contributed by atoms with Crippen molar-refractivity contribution in [3.05, 3.63) is 29.6 Å². The van der Waals surface area contributed by atoms with Crippen molar-refractivity contribution in [1.29, 1.82) is 0 Å². The lowest BCUT2D eigenvalue weighted by Gasteiger charge is -2.38. The Morgan fingerprint density at radius 1 is 1.24 bits per heavy atom. The first-order valence-corrected chi connectivity index (χ1v) is 10.9. The highest BCUT2D eigenvalue weighted by Gasteiger charge is 2.33. The van der Waals surface area contributed by atoms with E-state index in [0.29, 0.717) is 25.6 Å². The molecule has 7 nitrogen and oxygen atoms in total. The molecule has 1 N–H and O–H groups in total. The molecule has 0 aliphatic carbocycles. The van der Waals surface area contributed by atoms with Crippen molar-refractivity contribution in [3.8, 4) is 0 Å². The summed E-state index contributed by atoms with van der Waals surface area (Å²) in [6.45, 7) is 12.8. The van der Waals surface area contributed by atoms with E-state index in [-0.39, 0.29) is 24.3 Å². The van der Waals surface area contributed by atoms with Crippen LogP contribution >= 0.6 is 0 Å². The molecule has 2 saturated heterocycles. The Morgan fingerprint density at radius 2 is 2.00 bits per heavy atom. The fourth-order valence-corrected chi connectivity index (χ4v) is 4.02. The van der Waals surface area contributed by atoms with Crippen LogP contribution in [0, 0.1) is 12.8 Å². The molecule has 7 heteroatoms. The maximum absolute atomic E-state index is 12.9. The van der Waals surface area contributed by atoms with Gasteiger partial charge in [0.15, 0.2) is 0 Å². The molecule has 0 saturated carbocycles. The van der Waals surface area contributed by atoms with Crippen molar-refractivity contribution in [2.24, 2.45) is 5.92 Å². The number of carbonyl (C=O) groups excluding carboxylic acids is 2. The summed E-state index contributed by atoms with van der Waals surface area (Å²) in [6, 6.07) is 3.72. The SMILES string of the molecule is Cc1cccnc1CN1CCN(C(=O)C[C@@H]2C(=O)NCCN2CCC(C)C)CC1. The first kappa shape index (κ1) is 21.7. The predicted molar refractivity (Wildman–Crippen MR) is 113 cm³/mol. The van der Waals surface area contributed by atoms with E-state index in [1.807, 2.05) is 17.2 Å². The largest absolute Gasteiger partial charge is 0.353 e. The summed E-state index contributed by atoms with van der Waals surface area (Å²) in [7, 11) is 0. The van der Waals surface area contributed by atoms with Crippen LogP contribution in [0.1, 0.15) is 37.9 Å². The molecule has 3 rings (SSSR count). The second-order valence-electron chi connectivity index (χ2n) is 8.65. The van der Waals surface area contributed by atoms with Crippen molar-refractivity contribution in [2.75, 3.05) is 45.8 Å². The van der Waals surface area contributed by atoms with E-state index < -0.39 is 0 Å². The Labute approximate surface area is 174 Å². The molecule has 0 bridgehead atoms. The van der Waals surface area contributed by atoms with Crippen molar-refractivity contribution in [2.45, 2.75) is 46.2 Å². The molecule has 1 aromatic heterocycles. The molecule has 2 aliphatic heterocycles. The van der Waals surface area contributed by atoms with Crippen molar-refractivity contribution < 1.29 is 9.59 Å². The first-order chi connectivity index (χ1) is 13.9. The highest BCUT2D eigenvalue weighted by atomic mass is 16.2. The number of hydrogen-bond donors (Lipinski definition) is 1. The maximum atomic E-state index is 12.9. The van der Waals surface area contributed by atoms with E-state index in [4.69, 9.17) is 0 Å². The fraction of sp³-hybridized carbons (Fsp3) is 0.682. The summed E-state index contributed by atoms with van der Waals surface area (Å²) >= 11 is 0. The topological polar surface area (TPSA) is 68.8 Å². The fourth-order valence-electron chi connectivity index (χ4n) is 4.02. The van der Waals surface area contributed by atoms with Gasteiger partial charge in [0.2, 0.25) is 11.8 Å². The van der Waals surface area contributed by atoms with Crippen LogP contribution in [0.2, 0.25) is 0 Å². The maximum Gasteiger partial charge on any atom is 0.237 e. The van der Waals surface area contributed by atoms with Crippen molar-refractivity contribution in [3.63, 3.8) is 0 Å². The quantitative estimate of drug-likeness (QED) is 0.745. The van der Waals surface area contributed by atoms with Crippen LogP contribution in [0.5, 0.6) is 0 Å². The zero-order valence-electron chi connectivity index (χ0n) is 18.1. The molecule has 0 spiro atoms. The molecular formula is C22H35N5O2. The van der Waals surface area contributed by atoms with Gasteiger partial charge in [0, 0.05) is 52.0 Å². The summed E-state index contributed by atoms with van der Waals surface area (Å²) in [6.07, 6.45) is 3.16. The monoisotopic (exact) mass is 401 g/mol. The summed E-state index contributed by atoms with van der Waals surface area (Å²) < 4.78 is 0. The van der Waals surface area contributed by atoms with Gasteiger partial charge in [-0.05, 0) is 37.4 Å². The van der Waals surface area contributed by atoms with Gasteiger partial charge in [0.25, 0.3) is 0 Å². The molecule has 0 unspecified atom stereocenters. The number of nitrogens with one attached hydrogen (secondary N) is 1. The Hall–Kier alpha value is -1.99. The van der Waals surface area contributed by atoms with Gasteiger partial charge < -0.3 is 10.2 Å². The molecule has 2 fully saturated rings. The van der Waals surface area contributed by atoms with E-state index >= 15 is 0 Å². The molecule has 29 heavy (non-hydrogen) atoms. The van der Waals surface area contributed by atoms with Crippen LogP contribution in [0.25, 0.3) is 0 Å². The number of hydrogen-bond acceptors (Lipinski definition) is 5. The lowest BCUT2D eigenvalue weighted by atomic mass is 10.0. The predicted octanol–water partition coefficient (Wildman–Crippen LogP) is 1.27. The summed E-state index contributed by atoms with van der Waals surface area (Å²) in [5, 5.41) is 2.93. The summed E-state index contributed by atoms with van der Waals surface area (Å²) in [5.41, 5.74) is 2.31. The molecule has 3 heterocycles. The van der Waals surface area contributed by atoms with Gasteiger partial charge in [-0.25, -0.2) is 0 Å². The Bertz CT molecular complexity index is 700. The van der Waals surface area contributed by atoms with Crippen LogP contribution in [-0.2, 0) is 16.1 Å². The highest BCUT2D eigenvalue weighted by molar-refractivity contribution is 5.88. The van der Waals surface area contributed by atoms with Crippen LogP contribution in [0.15, 0.2) is 18.3 Å². The molecule has 0 aromatic carbocycles. The second-order valence-corrected chi connectivity index (χ2v) is 8.65. The molecule has 160 valence electrons. The van der Waals surface area contributed by atoms with Gasteiger partial charge in [-0.2, -0.15) is 0 Å². The van der Waals surface area contributed by atoms with E-state index in [2.05, 4.69) is 46.9 Å². The average molecular weight is 402 g/mol. The number of rotatable bonds is 7. The van der Waals surface area contributed by atoms with E-state index in [1.54, 1.807) is 0 Å². The summed E-state index contributed by atoms with van der Waals surface area (Å²) in [4.78, 5) is 36.3. The molecule has 0 radical (unpaired) electrons. The third-order valence-corrected chi connectivity index (χ3v) is 6.02. The van der Waals surface area contributed by atoms with Crippen LogP contribution in [-0.4, -0.2) is 83.4 Å². The Morgan fingerprint density at radius 3 is 2.69 bits per heavy atom. The standard InChI is InChI=1S/C22H35N5O2/c1-17(2)6-9-26-10-8-24-22(29)20(26)15-21(28)27-13-11-25(12-14-27)16-19-18(3)5-4-7-23-19/h4-5,7,17,20H,6,8-16H2,1-3H3,(H,24,29)/t20-/m1/s1. The van der Waals surface area contributed by atoms with Crippen LogP contribution in [0.4, 0.5) is 0 Å². The zero-order valence-corrected chi connectivity index (χ0v) is 18.1. The Balaban J connectivity index is 1.50. The lowest BCUT2D eigenvalue weighted by Crippen LogP contribution is -2.57. The first-order valence-electron chi connectivity index (χ1n) is 10.9. The Kier molecular flexibility index (Phi) is 7.61. The number of piperazine rings is 2. The third-order valence-electron chi connectivity index (χ3n) is 6.02. The highest BCUT2D eigenvalue weighted by Crippen LogP contribution is 2.15. The molecule has 2 aliphatic rings. The van der Waals surface area contributed by atoms with E-state index in [1.165, 1.54) is 5.56 Å². The number of aromatic nitrogens is 1. The van der Waals surface area contributed by atoms with Gasteiger partial charge in [-0.15, -0.1) is 0 Å². The molecule has 1 aromatic rings. The lowest BCUT2D eigenvalue weighted by molar-refractivity contribution is -0.140. The van der Waals surface area contributed by atoms with Gasteiger partial charge in [0.1, 0.15) is 0 Å². The van der Waals surface area contributed by atoms with E-state index in [9.17, 15) is 9.59 Å². The number of pyridine rings is 1. The van der Waals surface area contributed by atoms with Crippen LogP contribution < -0.4 is 5.32 Å². The zero-order chi connectivity index (χ0) is 20.8. The number of nitrogens with zero attached hydrogens (tertiary/aromatic N) is 4. The minimum absolute atomic E-state index is 0.00220. The van der Waals surface area contributed by atoms with Crippen molar-refractivity contribution >= 4 is 11.8 Å². The summed E-state index contributed by atoms with van der Waals surface area (Å²) in [5.74, 6) is 0.681. The van der Waals surface area contributed by atoms with Gasteiger partial charge in [-0.1, -0.05) is 19.9 Å². The normalized spacial score (nSPS) is 21.4. The molecule has 2 amide bonds. The smallest absolute Gasteiger partial charge is 0.237 e. The molecule has 1 atom stereocenters. The third kappa shape index (κ3) is 6.00. The number of amides is 2. The average Bonchev–Trinajstić information content (AvgIpc) is 2.70. The minimum Gasteiger partial charge on any atom is -0.353 e. The minimum atomic E-state index is -0.329. The van der Waals surface area contributed by atoms with E-state index in [0.717, 1.165) is 44.8 Å².